The van der Waals surface area contributed by atoms with Gasteiger partial charge in [-0.3, -0.25) is 4.79 Å². The molecule has 21 heavy (non-hydrogen) atoms. The molecule has 1 aliphatic rings. The predicted octanol–water partition coefficient (Wildman–Crippen LogP) is 2.55. The lowest BCUT2D eigenvalue weighted by atomic mass is 9.96. The van der Waals surface area contributed by atoms with E-state index in [0.29, 0.717) is 0 Å². The van der Waals surface area contributed by atoms with Gasteiger partial charge < -0.3 is 15.6 Å². The Hall–Kier alpha value is -1.88. The minimum atomic E-state index is -0.0624. The monoisotopic (exact) mass is 286 g/mol. The number of aromatic amines is 1. The number of amides is 1. The van der Waals surface area contributed by atoms with E-state index >= 15 is 0 Å². The zero-order chi connectivity index (χ0) is 15.0. The van der Waals surface area contributed by atoms with Crippen molar-refractivity contribution in [3.05, 3.63) is 24.0 Å². The molecule has 0 spiro atoms. The average molecular weight is 286 g/mol. The zero-order valence-electron chi connectivity index (χ0n) is 12.8. The highest BCUT2D eigenvalue weighted by molar-refractivity contribution is 5.96. The molecular weight excluding hydrogens is 264 g/mol. The Labute approximate surface area is 124 Å². The summed E-state index contributed by atoms with van der Waals surface area (Å²) in [4.78, 5) is 20.1. The van der Waals surface area contributed by atoms with Crippen LogP contribution < -0.4 is 10.6 Å². The third-order valence-electron chi connectivity index (χ3n) is 3.84. The van der Waals surface area contributed by atoms with Gasteiger partial charge in [0.1, 0.15) is 5.82 Å². The van der Waals surface area contributed by atoms with E-state index in [9.17, 15) is 4.79 Å². The SMILES string of the molecule is CC(C)(C)c1nc2ccc(NC(=O)[C@H]3CCCN3)cc2[nH]1. The van der Waals surface area contributed by atoms with Gasteiger partial charge in [0.2, 0.25) is 5.91 Å². The van der Waals surface area contributed by atoms with Crippen molar-refractivity contribution in [1.82, 2.24) is 15.3 Å². The molecule has 3 N–H and O–H groups in total. The van der Waals surface area contributed by atoms with Crippen molar-refractivity contribution in [2.75, 3.05) is 11.9 Å². The van der Waals surface area contributed by atoms with Gasteiger partial charge in [-0.15, -0.1) is 0 Å². The van der Waals surface area contributed by atoms with Crippen LogP contribution in [0, 0.1) is 0 Å². The first-order valence-corrected chi connectivity index (χ1v) is 7.48. The lowest BCUT2D eigenvalue weighted by molar-refractivity contribution is -0.117. The highest BCUT2D eigenvalue weighted by atomic mass is 16.2. The third-order valence-corrected chi connectivity index (χ3v) is 3.84. The summed E-state index contributed by atoms with van der Waals surface area (Å²) in [5, 5.41) is 6.18. The lowest BCUT2D eigenvalue weighted by Gasteiger charge is -2.13. The van der Waals surface area contributed by atoms with Crippen molar-refractivity contribution >= 4 is 22.6 Å². The van der Waals surface area contributed by atoms with E-state index in [0.717, 1.165) is 41.9 Å². The second-order valence-corrected chi connectivity index (χ2v) is 6.71. The Kier molecular flexibility index (Phi) is 3.45. The van der Waals surface area contributed by atoms with Gasteiger partial charge >= 0.3 is 0 Å². The summed E-state index contributed by atoms with van der Waals surface area (Å²) in [6.45, 7) is 7.30. The molecule has 0 bridgehead atoms. The minimum Gasteiger partial charge on any atom is -0.341 e. The Balaban J connectivity index is 1.82. The van der Waals surface area contributed by atoms with E-state index in [-0.39, 0.29) is 17.4 Å². The topological polar surface area (TPSA) is 69.8 Å². The third kappa shape index (κ3) is 2.93. The van der Waals surface area contributed by atoms with Crippen molar-refractivity contribution in [2.24, 2.45) is 0 Å². The number of rotatable bonds is 2. The first-order valence-electron chi connectivity index (χ1n) is 7.48. The second-order valence-electron chi connectivity index (χ2n) is 6.71. The van der Waals surface area contributed by atoms with E-state index in [1.807, 2.05) is 18.2 Å². The summed E-state index contributed by atoms with van der Waals surface area (Å²) in [5.41, 5.74) is 2.68. The van der Waals surface area contributed by atoms with Crippen LogP contribution in [0.5, 0.6) is 0 Å². The maximum Gasteiger partial charge on any atom is 0.241 e. The molecule has 1 aliphatic heterocycles. The number of fused-ring (bicyclic) bond motifs is 1. The molecule has 1 aromatic carbocycles. The summed E-state index contributed by atoms with van der Waals surface area (Å²) in [7, 11) is 0. The fraction of sp³-hybridized carbons (Fsp3) is 0.500. The number of carbonyl (C=O) groups excluding carboxylic acids is 1. The van der Waals surface area contributed by atoms with Crippen LogP contribution in [-0.4, -0.2) is 28.5 Å². The highest BCUT2D eigenvalue weighted by Gasteiger charge is 2.22. The molecular formula is C16H22N4O. The van der Waals surface area contributed by atoms with Crippen molar-refractivity contribution in [3.63, 3.8) is 0 Å². The number of anilines is 1. The molecule has 3 rings (SSSR count). The highest BCUT2D eigenvalue weighted by Crippen LogP contribution is 2.24. The van der Waals surface area contributed by atoms with Gasteiger partial charge in [-0.25, -0.2) is 4.98 Å². The van der Waals surface area contributed by atoms with Crippen LogP contribution in [-0.2, 0) is 10.2 Å². The molecule has 0 radical (unpaired) electrons. The second kappa shape index (κ2) is 5.15. The first kappa shape index (κ1) is 14.1. The number of hydrogen-bond acceptors (Lipinski definition) is 3. The average Bonchev–Trinajstić information content (AvgIpc) is 3.06. The number of carbonyl (C=O) groups is 1. The smallest absolute Gasteiger partial charge is 0.241 e. The summed E-state index contributed by atoms with van der Waals surface area (Å²) >= 11 is 0. The van der Waals surface area contributed by atoms with Gasteiger partial charge in [0.05, 0.1) is 17.1 Å². The molecule has 2 aromatic rings. The van der Waals surface area contributed by atoms with E-state index in [1.165, 1.54) is 0 Å². The van der Waals surface area contributed by atoms with Crippen molar-refractivity contribution < 1.29 is 4.79 Å². The number of imidazole rings is 1. The largest absolute Gasteiger partial charge is 0.341 e. The predicted molar refractivity (Wildman–Crippen MR) is 84.4 cm³/mol. The molecule has 1 atom stereocenters. The van der Waals surface area contributed by atoms with Crippen molar-refractivity contribution in [1.29, 1.82) is 0 Å². The Morgan fingerprint density at radius 2 is 2.19 bits per heavy atom. The summed E-state index contributed by atoms with van der Waals surface area (Å²) < 4.78 is 0. The van der Waals surface area contributed by atoms with Crippen molar-refractivity contribution in [2.45, 2.75) is 45.1 Å². The summed E-state index contributed by atoms with van der Waals surface area (Å²) in [6.07, 6.45) is 1.97. The molecule has 5 heteroatoms. The molecule has 112 valence electrons. The summed E-state index contributed by atoms with van der Waals surface area (Å²) in [6, 6.07) is 5.73. The van der Waals surface area contributed by atoms with E-state index in [1.54, 1.807) is 0 Å². The number of aromatic nitrogens is 2. The van der Waals surface area contributed by atoms with Crippen LogP contribution in [0.15, 0.2) is 18.2 Å². The van der Waals surface area contributed by atoms with Gasteiger partial charge in [0.25, 0.3) is 0 Å². The molecule has 0 saturated carbocycles. The number of hydrogen-bond donors (Lipinski definition) is 3. The molecule has 2 heterocycles. The van der Waals surface area contributed by atoms with Gasteiger partial charge in [0, 0.05) is 11.1 Å². The molecule has 0 unspecified atom stereocenters. The van der Waals surface area contributed by atoms with E-state index < -0.39 is 0 Å². The van der Waals surface area contributed by atoms with Gasteiger partial charge in [0.15, 0.2) is 0 Å². The van der Waals surface area contributed by atoms with Crippen LogP contribution in [0.2, 0.25) is 0 Å². The Morgan fingerprint density at radius 1 is 1.38 bits per heavy atom. The standard InChI is InChI=1S/C16H22N4O/c1-16(2,3)15-19-11-7-6-10(9-13(11)20-15)18-14(21)12-5-4-8-17-12/h6-7,9,12,17H,4-5,8H2,1-3H3,(H,18,21)(H,19,20)/t12-/m1/s1. The van der Waals surface area contributed by atoms with Crippen LogP contribution in [0.4, 0.5) is 5.69 Å². The molecule has 1 saturated heterocycles. The normalized spacial score (nSPS) is 19.1. The van der Waals surface area contributed by atoms with Crippen LogP contribution in [0.1, 0.15) is 39.4 Å². The molecule has 1 amide bonds. The molecule has 1 aromatic heterocycles. The quantitative estimate of drug-likeness (QED) is 0.794. The first-order chi connectivity index (χ1) is 9.93. The lowest BCUT2D eigenvalue weighted by Crippen LogP contribution is -2.35. The van der Waals surface area contributed by atoms with Gasteiger partial charge in [-0.2, -0.15) is 0 Å². The molecule has 0 aliphatic carbocycles. The molecule has 1 fully saturated rings. The number of H-pyrrole nitrogens is 1. The van der Waals surface area contributed by atoms with E-state index in [4.69, 9.17) is 0 Å². The van der Waals surface area contributed by atoms with Crippen LogP contribution >= 0.6 is 0 Å². The number of benzene rings is 1. The fourth-order valence-corrected chi connectivity index (χ4v) is 2.58. The van der Waals surface area contributed by atoms with Crippen LogP contribution in [0.3, 0.4) is 0 Å². The van der Waals surface area contributed by atoms with Crippen molar-refractivity contribution in [3.8, 4) is 0 Å². The number of nitrogens with zero attached hydrogens (tertiary/aromatic N) is 1. The molecule has 5 nitrogen and oxygen atoms in total. The maximum absolute atomic E-state index is 12.1. The van der Waals surface area contributed by atoms with E-state index in [2.05, 4.69) is 41.4 Å². The van der Waals surface area contributed by atoms with Gasteiger partial charge in [-0.05, 0) is 37.6 Å². The number of nitrogens with one attached hydrogen (secondary N) is 3. The van der Waals surface area contributed by atoms with Crippen LogP contribution in [0.25, 0.3) is 11.0 Å². The maximum atomic E-state index is 12.1. The zero-order valence-corrected chi connectivity index (χ0v) is 12.8. The Morgan fingerprint density at radius 3 is 2.86 bits per heavy atom. The minimum absolute atomic E-state index is 0.0177. The van der Waals surface area contributed by atoms with Gasteiger partial charge in [-0.1, -0.05) is 20.8 Å². The summed E-state index contributed by atoms with van der Waals surface area (Å²) in [5.74, 6) is 1.00. The Bertz CT molecular complexity index is 662. The fourth-order valence-electron chi connectivity index (χ4n) is 2.58.